The Morgan fingerprint density at radius 1 is 1.11 bits per heavy atom. The van der Waals surface area contributed by atoms with Crippen LogP contribution in [-0.2, 0) is 10.0 Å². The molecule has 1 unspecified atom stereocenters. The summed E-state index contributed by atoms with van der Waals surface area (Å²) in [4.78, 5) is 10.8. The van der Waals surface area contributed by atoms with Gasteiger partial charge < -0.3 is 10.1 Å². The van der Waals surface area contributed by atoms with Gasteiger partial charge in [0, 0.05) is 17.7 Å². The number of anilines is 1. The highest BCUT2D eigenvalue weighted by molar-refractivity contribution is 7.89. The summed E-state index contributed by atoms with van der Waals surface area (Å²) in [6, 6.07) is 8.89. The molecule has 0 aliphatic heterocycles. The number of nitrogens with zero attached hydrogens (tertiary/aromatic N) is 1. The summed E-state index contributed by atoms with van der Waals surface area (Å²) in [7, 11) is -2.27. The Hall–Kier alpha value is -2.65. The van der Waals surface area contributed by atoms with E-state index in [4.69, 9.17) is 4.74 Å². The van der Waals surface area contributed by atoms with Gasteiger partial charge in [0.1, 0.15) is 11.4 Å². The molecule has 0 saturated heterocycles. The van der Waals surface area contributed by atoms with Crippen molar-refractivity contribution in [2.24, 2.45) is 0 Å². The molecule has 0 aliphatic carbocycles. The van der Waals surface area contributed by atoms with Crippen LogP contribution in [0.2, 0.25) is 0 Å². The molecule has 0 heterocycles. The highest BCUT2D eigenvalue weighted by Gasteiger charge is 2.23. The minimum absolute atomic E-state index is 0.153. The predicted octanol–water partition coefficient (Wildman–Crippen LogP) is 3.77. The number of nitrogens with one attached hydrogen (secondary N) is 2. The fourth-order valence-corrected chi connectivity index (χ4v) is 4.10. The molecule has 0 amide bonds. The molecule has 28 heavy (non-hydrogen) atoms. The van der Waals surface area contributed by atoms with Crippen molar-refractivity contribution in [2.75, 3.05) is 12.4 Å². The van der Waals surface area contributed by atoms with E-state index in [1.807, 2.05) is 32.0 Å². The minimum atomic E-state index is -3.83. The van der Waals surface area contributed by atoms with Crippen LogP contribution in [-0.4, -0.2) is 26.5 Å². The van der Waals surface area contributed by atoms with Gasteiger partial charge in [-0.05, 0) is 45.9 Å². The molecule has 1 atom stereocenters. The molecule has 0 aromatic heterocycles. The van der Waals surface area contributed by atoms with E-state index in [2.05, 4.69) is 10.0 Å². The van der Waals surface area contributed by atoms with Gasteiger partial charge in [0.05, 0.1) is 23.0 Å². The summed E-state index contributed by atoms with van der Waals surface area (Å²) in [5.74, 6) is 0.661. The third-order valence-electron chi connectivity index (χ3n) is 4.09. The molecule has 152 valence electrons. The van der Waals surface area contributed by atoms with Crippen molar-refractivity contribution in [2.45, 2.75) is 44.7 Å². The standard InChI is InChI=1S/C19H25N3O5S/c1-12(2)21-28(25,26)15-7-8-17(18(11-15)22(23)24)20-14(4)16-10-13(3)6-9-19(16)27-5/h6-12,14,20-21H,1-5H3. The first-order chi connectivity index (χ1) is 13.0. The van der Waals surface area contributed by atoms with Crippen LogP contribution in [0.15, 0.2) is 41.3 Å². The lowest BCUT2D eigenvalue weighted by molar-refractivity contribution is -0.384. The summed E-state index contributed by atoms with van der Waals surface area (Å²) in [6.07, 6.45) is 0. The van der Waals surface area contributed by atoms with Gasteiger partial charge in [-0.1, -0.05) is 17.7 Å². The zero-order chi connectivity index (χ0) is 21.1. The second-order valence-corrected chi connectivity index (χ2v) is 8.54. The van der Waals surface area contributed by atoms with E-state index in [1.165, 1.54) is 12.1 Å². The van der Waals surface area contributed by atoms with Gasteiger partial charge in [-0.3, -0.25) is 10.1 Å². The monoisotopic (exact) mass is 407 g/mol. The summed E-state index contributed by atoms with van der Waals surface area (Å²) in [6.45, 7) is 7.16. The van der Waals surface area contributed by atoms with E-state index in [1.54, 1.807) is 21.0 Å². The summed E-state index contributed by atoms with van der Waals surface area (Å²) >= 11 is 0. The van der Waals surface area contributed by atoms with Gasteiger partial charge in [-0.2, -0.15) is 0 Å². The maximum Gasteiger partial charge on any atom is 0.293 e. The molecule has 0 fully saturated rings. The number of hydrogen-bond donors (Lipinski definition) is 2. The van der Waals surface area contributed by atoms with Gasteiger partial charge in [0.15, 0.2) is 0 Å². The molecular weight excluding hydrogens is 382 g/mol. The lowest BCUT2D eigenvalue weighted by atomic mass is 10.0. The summed E-state index contributed by atoms with van der Waals surface area (Å²) < 4.78 is 32.4. The third-order valence-corrected chi connectivity index (χ3v) is 5.75. The second kappa shape index (κ2) is 8.57. The Kier molecular flexibility index (Phi) is 6.63. The lowest BCUT2D eigenvalue weighted by Crippen LogP contribution is -2.30. The van der Waals surface area contributed by atoms with E-state index < -0.39 is 14.9 Å². The van der Waals surface area contributed by atoms with Crippen LogP contribution in [0.3, 0.4) is 0 Å². The Labute approximate surface area is 165 Å². The molecule has 2 rings (SSSR count). The molecule has 2 aromatic rings. The van der Waals surface area contributed by atoms with Crippen molar-refractivity contribution in [3.8, 4) is 5.75 Å². The number of benzene rings is 2. The maximum atomic E-state index is 12.3. The molecule has 2 N–H and O–H groups in total. The number of sulfonamides is 1. The summed E-state index contributed by atoms with van der Waals surface area (Å²) in [5.41, 5.74) is 1.78. The highest BCUT2D eigenvalue weighted by atomic mass is 32.2. The number of methoxy groups -OCH3 is 1. The first kappa shape index (κ1) is 21.6. The van der Waals surface area contributed by atoms with Gasteiger partial charge in [0.2, 0.25) is 10.0 Å². The normalized spacial score (nSPS) is 12.6. The average Bonchev–Trinajstić information content (AvgIpc) is 2.60. The fraction of sp³-hybridized carbons (Fsp3) is 0.368. The highest BCUT2D eigenvalue weighted by Crippen LogP contribution is 2.33. The number of rotatable bonds is 8. The van der Waals surface area contributed by atoms with Crippen LogP contribution in [0.1, 0.15) is 37.9 Å². The van der Waals surface area contributed by atoms with E-state index >= 15 is 0 Å². The molecule has 2 aromatic carbocycles. The fourth-order valence-electron chi connectivity index (χ4n) is 2.83. The van der Waals surface area contributed by atoms with E-state index in [0.717, 1.165) is 17.2 Å². The molecule has 0 aliphatic rings. The average molecular weight is 407 g/mol. The van der Waals surface area contributed by atoms with Crippen LogP contribution >= 0.6 is 0 Å². The van der Waals surface area contributed by atoms with Crippen molar-refractivity contribution in [1.29, 1.82) is 0 Å². The van der Waals surface area contributed by atoms with E-state index in [0.29, 0.717) is 5.75 Å². The number of ether oxygens (including phenoxy) is 1. The van der Waals surface area contributed by atoms with Crippen LogP contribution in [0.5, 0.6) is 5.75 Å². The summed E-state index contributed by atoms with van der Waals surface area (Å²) in [5, 5.41) is 14.6. The number of hydrogen-bond acceptors (Lipinski definition) is 6. The lowest BCUT2D eigenvalue weighted by Gasteiger charge is -2.19. The van der Waals surface area contributed by atoms with Crippen LogP contribution in [0.25, 0.3) is 0 Å². The Morgan fingerprint density at radius 3 is 2.36 bits per heavy atom. The van der Waals surface area contributed by atoms with E-state index in [9.17, 15) is 18.5 Å². The molecule has 0 bridgehead atoms. The Balaban J connectivity index is 2.41. The number of aryl methyl sites for hydroxylation is 1. The zero-order valence-corrected chi connectivity index (χ0v) is 17.3. The predicted molar refractivity (Wildman–Crippen MR) is 108 cm³/mol. The Bertz CT molecular complexity index is 974. The third kappa shape index (κ3) is 4.99. The largest absolute Gasteiger partial charge is 0.496 e. The van der Waals surface area contributed by atoms with Crippen LogP contribution in [0, 0.1) is 17.0 Å². The zero-order valence-electron chi connectivity index (χ0n) is 16.5. The van der Waals surface area contributed by atoms with Crippen molar-refractivity contribution >= 4 is 21.4 Å². The smallest absolute Gasteiger partial charge is 0.293 e. The molecule has 8 nitrogen and oxygen atoms in total. The molecule has 0 radical (unpaired) electrons. The van der Waals surface area contributed by atoms with Crippen molar-refractivity contribution in [3.05, 3.63) is 57.6 Å². The quantitative estimate of drug-likeness (QED) is 0.509. The molecule has 0 spiro atoms. The van der Waals surface area contributed by atoms with Crippen molar-refractivity contribution < 1.29 is 18.1 Å². The first-order valence-electron chi connectivity index (χ1n) is 8.77. The van der Waals surface area contributed by atoms with E-state index in [-0.39, 0.29) is 28.4 Å². The molecular formula is C19H25N3O5S. The topological polar surface area (TPSA) is 111 Å². The van der Waals surface area contributed by atoms with Crippen LogP contribution < -0.4 is 14.8 Å². The molecule has 0 saturated carbocycles. The first-order valence-corrected chi connectivity index (χ1v) is 10.3. The SMILES string of the molecule is COc1ccc(C)cc1C(C)Nc1ccc(S(=O)(=O)NC(C)C)cc1[N+](=O)[O-]. The van der Waals surface area contributed by atoms with Gasteiger partial charge in [-0.15, -0.1) is 0 Å². The minimum Gasteiger partial charge on any atom is -0.496 e. The number of nitro groups is 1. The van der Waals surface area contributed by atoms with Crippen LogP contribution in [0.4, 0.5) is 11.4 Å². The second-order valence-electron chi connectivity index (χ2n) is 6.82. The van der Waals surface area contributed by atoms with Crippen molar-refractivity contribution in [3.63, 3.8) is 0 Å². The number of nitro benzene ring substituents is 1. The van der Waals surface area contributed by atoms with Gasteiger partial charge in [0.25, 0.3) is 5.69 Å². The molecule has 9 heteroatoms. The van der Waals surface area contributed by atoms with Gasteiger partial charge in [-0.25, -0.2) is 13.1 Å². The van der Waals surface area contributed by atoms with Crippen molar-refractivity contribution in [1.82, 2.24) is 4.72 Å². The van der Waals surface area contributed by atoms with Gasteiger partial charge >= 0.3 is 0 Å². The maximum absolute atomic E-state index is 12.3. The Morgan fingerprint density at radius 2 is 1.79 bits per heavy atom.